The lowest BCUT2D eigenvalue weighted by molar-refractivity contribution is -0.125. The maximum Gasteiger partial charge on any atom is 0.239 e. The van der Waals surface area contributed by atoms with Crippen LogP contribution in [0.2, 0.25) is 5.02 Å². The van der Waals surface area contributed by atoms with E-state index in [0.717, 1.165) is 27.6 Å². The van der Waals surface area contributed by atoms with E-state index in [4.69, 9.17) is 21.0 Å². The SMILES string of the molecule is O=C1CSC2=NC(c3cc4c(ccc5ccccc54)o3)=CC(c3ccc(Cl)cc3)N12. The molecule has 30 heavy (non-hydrogen) atoms. The topological polar surface area (TPSA) is 45.8 Å². The van der Waals surface area contributed by atoms with Crippen molar-refractivity contribution < 1.29 is 9.21 Å². The number of thioether (sulfide) groups is 1. The number of amides is 1. The third-order valence-electron chi connectivity index (χ3n) is 5.50. The maximum absolute atomic E-state index is 12.5. The van der Waals surface area contributed by atoms with Crippen LogP contribution in [0.3, 0.4) is 0 Å². The smallest absolute Gasteiger partial charge is 0.239 e. The Kier molecular flexibility index (Phi) is 4.01. The quantitative estimate of drug-likeness (QED) is 0.376. The highest BCUT2D eigenvalue weighted by Crippen LogP contribution is 2.40. The molecule has 0 spiro atoms. The van der Waals surface area contributed by atoms with Crippen molar-refractivity contribution in [3.8, 4) is 0 Å². The van der Waals surface area contributed by atoms with Crippen LogP contribution in [0.15, 0.2) is 82.2 Å². The van der Waals surface area contributed by atoms with Crippen LogP contribution in [0.4, 0.5) is 0 Å². The highest BCUT2D eigenvalue weighted by Gasteiger charge is 2.37. The number of carbonyl (C=O) groups is 1. The second kappa shape index (κ2) is 6.76. The molecule has 146 valence electrons. The van der Waals surface area contributed by atoms with Gasteiger partial charge in [0.15, 0.2) is 10.9 Å². The van der Waals surface area contributed by atoms with Crippen LogP contribution in [0, 0.1) is 0 Å². The Hall–Kier alpha value is -3.02. The zero-order valence-electron chi connectivity index (χ0n) is 15.7. The third kappa shape index (κ3) is 2.77. The summed E-state index contributed by atoms with van der Waals surface area (Å²) in [5.41, 5.74) is 2.55. The van der Waals surface area contributed by atoms with Gasteiger partial charge >= 0.3 is 0 Å². The highest BCUT2D eigenvalue weighted by atomic mass is 35.5. The molecule has 0 N–H and O–H groups in total. The normalized spacial score (nSPS) is 18.6. The third-order valence-corrected chi connectivity index (χ3v) is 6.69. The maximum atomic E-state index is 12.5. The molecule has 1 atom stereocenters. The van der Waals surface area contributed by atoms with E-state index < -0.39 is 0 Å². The minimum Gasteiger partial charge on any atom is -0.454 e. The number of halogens is 1. The van der Waals surface area contributed by atoms with Crippen molar-refractivity contribution in [2.45, 2.75) is 6.04 Å². The molecule has 1 fully saturated rings. The molecule has 4 aromatic rings. The standard InChI is InChI=1S/C24H15ClN2O2S/c25-16-8-5-15(6-9-16)20-12-19(26-24-27(20)23(28)13-30-24)22-11-18-17-4-2-1-3-14(17)7-10-21(18)29-22/h1-12,20H,13H2. The lowest BCUT2D eigenvalue weighted by atomic mass is 10.0. The van der Waals surface area contributed by atoms with Crippen molar-refractivity contribution in [1.82, 2.24) is 4.90 Å². The lowest BCUT2D eigenvalue weighted by Gasteiger charge is -2.29. The zero-order valence-corrected chi connectivity index (χ0v) is 17.3. The second-order valence-electron chi connectivity index (χ2n) is 7.30. The predicted octanol–water partition coefficient (Wildman–Crippen LogP) is 6.27. The van der Waals surface area contributed by atoms with Gasteiger partial charge in [-0.2, -0.15) is 0 Å². The fourth-order valence-corrected chi connectivity index (χ4v) is 5.09. The molecule has 6 rings (SSSR count). The predicted molar refractivity (Wildman–Crippen MR) is 123 cm³/mol. The van der Waals surface area contributed by atoms with Crippen molar-refractivity contribution in [2.75, 3.05) is 5.75 Å². The Labute approximate surface area is 181 Å². The van der Waals surface area contributed by atoms with E-state index in [1.807, 2.05) is 54.6 Å². The largest absolute Gasteiger partial charge is 0.454 e. The lowest BCUT2D eigenvalue weighted by Crippen LogP contribution is -2.34. The molecule has 1 unspecified atom stereocenters. The van der Waals surface area contributed by atoms with Crippen LogP contribution >= 0.6 is 23.4 Å². The summed E-state index contributed by atoms with van der Waals surface area (Å²) in [6.45, 7) is 0. The van der Waals surface area contributed by atoms with Crippen molar-refractivity contribution in [3.63, 3.8) is 0 Å². The number of carbonyl (C=O) groups excluding carboxylic acids is 1. The van der Waals surface area contributed by atoms with Crippen LogP contribution in [0.5, 0.6) is 0 Å². The van der Waals surface area contributed by atoms with Gasteiger partial charge in [0.2, 0.25) is 5.91 Å². The van der Waals surface area contributed by atoms with Gasteiger partial charge in [-0.05, 0) is 46.7 Å². The fraction of sp³-hybridized carbons (Fsp3) is 0.0833. The van der Waals surface area contributed by atoms with E-state index in [0.29, 0.717) is 21.7 Å². The molecule has 1 amide bonds. The van der Waals surface area contributed by atoms with Gasteiger partial charge in [-0.1, -0.05) is 65.8 Å². The number of amidine groups is 1. The Bertz CT molecular complexity index is 1390. The number of benzene rings is 3. The van der Waals surface area contributed by atoms with Crippen molar-refractivity contribution in [2.24, 2.45) is 4.99 Å². The van der Waals surface area contributed by atoms with E-state index in [9.17, 15) is 4.79 Å². The van der Waals surface area contributed by atoms with Gasteiger partial charge in [-0.3, -0.25) is 9.69 Å². The summed E-state index contributed by atoms with van der Waals surface area (Å²) < 4.78 is 6.19. The van der Waals surface area contributed by atoms with Crippen LogP contribution in [0.1, 0.15) is 17.4 Å². The second-order valence-corrected chi connectivity index (χ2v) is 8.68. The summed E-state index contributed by atoms with van der Waals surface area (Å²) in [4.78, 5) is 19.1. The monoisotopic (exact) mass is 430 g/mol. The van der Waals surface area contributed by atoms with Gasteiger partial charge < -0.3 is 4.42 Å². The fourth-order valence-electron chi connectivity index (χ4n) is 4.06. The van der Waals surface area contributed by atoms with E-state index in [2.05, 4.69) is 18.2 Å². The van der Waals surface area contributed by atoms with Crippen LogP contribution in [-0.2, 0) is 4.79 Å². The number of aliphatic imine (C=N–C) groups is 1. The molecule has 2 aliphatic heterocycles. The molecule has 6 heteroatoms. The number of hydrogen-bond acceptors (Lipinski definition) is 4. The van der Waals surface area contributed by atoms with Crippen LogP contribution in [0.25, 0.3) is 27.4 Å². The molecule has 0 aliphatic carbocycles. The van der Waals surface area contributed by atoms with Gasteiger partial charge in [0, 0.05) is 10.4 Å². The molecule has 1 saturated heterocycles. The summed E-state index contributed by atoms with van der Waals surface area (Å²) in [5, 5.41) is 4.75. The first-order chi connectivity index (χ1) is 14.7. The molecule has 2 aliphatic rings. The summed E-state index contributed by atoms with van der Waals surface area (Å²) in [7, 11) is 0. The molecular formula is C24H15ClN2O2S. The van der Waals surface area contributed by atoms with Gasteiger partial charge in [0.05, 0.1) is 11.8 Å². The molecule has 4 nitrogen and oxygen atoms in total. The van der Waals surface area contributed by atoms with Crippen molar-refractivity contribution >= 4 is 61.9 Å². The first-order valence-electron chi connectivity index (χ1n) is 9.60. The minimum atomic E-state index is -0.239. The molecular weight excluding hydrogens is 416 g/mol. The van der Waals surface area contributed by atoms with Gasteiger partial charge in [-0.25, -0.2) is 4.99 Å². The van der Waals surface area contributed by atoms with E-state index >= 15 is 0 Å². The molecule has 0 saturated carbocycles. The molecule has 0 radical (unpaired) electrons. The Morgan fingerprint density at radius 3 is 2.73 bits per heavy atom. The molecule has 1 aromatic heterocycles. The molecule has 0 bridgehead atoms. The van der Waals surface area contributed by atoms with Crippen molar-refractivity contribution in [1.29, 1.82) is 0 Å². The summed E-state index contributed by atoms with van der Waals surface area (Å²) in [6, 6.07) is 21.7. The van der Waals surface area contributed by atoms with Gasteiger partial charge in [0.25, 0.3) is 0 Å². The first-order valence-corrected chi connectivity index (χ1v) is 11.0. The number of hydrogen-bond donors (Lipinski definition) is 0. The summed E-state index contributed by atoms with van der Waals surface area (Å²) in [5.74, 6) is 1.16. The summed E-state index contributed by atoms with van der Waals surface area (Å²) >= 11 is 7.53. The van der Waals surface area contributed by atoms with E-state index in [-0.39, 0.29) is 11.9 Å². The Balaban J connectivity index is 1.51. The first kappa shape index (κ1) is 17.8. The number of nitrogens with zero attached hydrogens (tertiary/aromatic N) is 2. The van der Waals surface area contributed by atoms with E-state index in [1.54, 1.807) is 4.90 Å². The highest BCUT2D eigenvalue weighted by molar-refractivity contribution is 8.15. The van der Waals surface area contributed by atoms with Crippen molar-refractivity contribution in [3.05, 3.63) is 89.2 Å². The molecule has 3 aromatic carbocycles. The number of furan rings is 1. The van der Waals surface area contributed by atoms with E-state index in [1.165, 1.54) is 17.1 Å². The minimum absolute atomic E-state index is 0.0598. The van der Waals surface area contributed by atoms with Crippen LogP contribution < -0.4 is 0 Å². The average Bonchev–Trinajstić information content (AvgIpc) is 3.38. The number of rotatable bonds is 2. The zero-order chi connectivity index (χ0) is 20.2. The summed E-state index contributed by atoms with van der Waals surface area (Å²) in [6.07, 6.45) is 2.00. The van der Waals surface area contributed by atoms with Crippen LogP contribution in [-0.4, -0.2) is 21.7 Å². The van der Waals surface area contributed by atoms with Gasteiger partial charge in [-0.15, -0.1) is 0 Å². The Morgan fingerprint density at radius 2 is 1.87 bits per heavy atom. The average molecular weight is 431 g/mol. The van der Waals surface area contributed by atoms with Gasteiger partial charge in [0.1, 0.15) is 11.3 Å². The molecule has 3 heterocycles. The Morgan fingerprint density at radius 1 is 1.03 bits per heavy atom. The number of fused-ring (bicyclic) bond motifs is 4.